The maximum atomic E-state index is 13.1. The largest absolute Gasteiger partial charge is 0.472 e. The Balaban J connectivity index is 5.22. The maximum absolute atomic E-state index is 13.1. The fourth-order valence-corrected chi connectivity index (χ4v) is 15.0. The summed E-state index contributed by atoms with van der Waals surface area (Å²) in [6.07, 6.45) is 69.5. The highest BCUT2D eigenvalue weighted by atomic mass is 31.2. The Morgan fingerprint density at radius 3 is 0.724 bits per heavy atom. The van der Waals surface area contributed by atoms with Crippen molar-refractivity contribution in [3.63, 3.8) is 0 Å². The monoisotopic (exact) mass is 1540 g/mol. The van der Waals surface area contributed by atoms with Gasteiger partial charge in [-0.1, -0.05) is 408 Å². The lowest BCUT2D eigenvalue weighted by Gasteiger charge is -2.21. The van der Waals surface area contributed by atoms with Gasteiger partial charge >= 0.3 is 39.5 Å². The average molecular weight is 1540 g/mol. The topological polar surface area (TPSA) is 237 Å². The number of aliphatic hydroxyl groups is 1. The Kier molecular flexibility index (Phi) is 76.0. The van der Waals surface area contributed by atoms with Gasteiger partial charge in [0.05, 0.1) is 26.4 Å². The molecule has 0 saturated heterocycles. The number of hydrogen-bond donors (Lipinski definition) is 3. The molecule has 6 atom stereocenters. The Morgan fingerprint density at radius 1 is 0.276 bits per heavy atom. The number of carbonyl (C=O) groups is 4. The van der Waals surface area contributed by atoms with E-state index >= 15 is 0 Å². The molecule has 0 heterocycles. The van der Waals surface area contributed by atoms with Gasteiger partial charge < -0.3 is 33.8 Å². The van der Waals surface area contributed by atoms with E-state index in [0.29, 0.717) is 31.6 Å². The van der Waals surface area contributed by atoms with Crippen LogP contribution in [0, 0.1) is 11.8 Å². The molecule has 0 aliphatic heterocycles. The van der Waals surface area contributed by atoms with E-state index in [9.17, 15) is 43.2 Å². The van der Waals surface area contributed by atoms with Gasteiger partial charge in [-0.15, -0.1) is 0 Å². The zero-order valence-electron chi connectivity index (χ0n) is 69.0. The van der Waals surface area contributed by atoms with Crippen LogP contribution in [0.1, 0.15) is 459 Å². The van der Waals surface area contributed by atoms with Crippen LogP contribution in [0.25, 0.3) is 0 Å². The van der Waals surface area contributed by atoms with Crippen molar-refractivity contribution < 1.29 is 80.2 Å². The summed E-state index contributed by atoms with van der Waals surface area (Å²) < 4.78 is 68.9. The van der Waals surface area contributed by atoms with E-state index in [2.05, 4.69) is 41.5 Å². The van der Waals surface area contributed by atoms with Gasteiger partial charge in [0.2, 0.25) is 0 Å². The number of carbonyl (C=O) groups excluding carboxylic acids is 4. The van der Waals surface area contributed by atoms with Crippen molar-refractivity contribution in [3.05, 3.63) is 0 Å². The third-order valence-corrected chi connectivity index (χ3v) is 22.5. The van der Waals surface area contributed by atoms with Crippen LogP contribution in [-0.4, -0.2) is 96.7 Å². The van der Waals surface area contributed by atoms with Gasteiger partial charge in [0.25, 0.3) is 0 Å². The second-order valence-corrected chi connectivity index (χ2v) is 34.6. The van der Waals surface area contributed by atoms with Gasteiger partial charge in [0.1, 0.15) is 19.3 Å². The molecule has 105 heavy (non-hydrogen) atoms. The van der Waals surface area contributed by atoms with Gasteiger partial charge in [-0.2, -0.15) is 0 Å². The van der Waals surface area contributed by atoms with Gasteiger partial charge in [-0.25, -0.2) is 9.13 Å². The molecule has 0 spiro atoms. The van der Waals surface area contributed by atoms with Crippen molar-refractivity contribution in [1.82, 2.24) is 0 Å². The highest BCUT2D eigenvalue weighted by molar-refractivity contribution is 7.47. The summed E-state index contributed by atoms with van der Waals surface area (Å²) in [5, 5.41) is 10.7. The number of ether oxygens (including phenoxy) is 4. The lowest BCUT2D eigenvalue weighted by molar-refractivity contribution is -0.161. The standard InChI is InChI=1S/C86H168O17P2/c1-7-10-12-14-16-18-20-22-24-28-33-36-40-44-50-56-62-68-83(88)96-74-81(102-85(90)70-65-59-52-46-42-38-34-30-27-26-29-31-35-39-43-49-55-61-67-79(6)9-3)76-100-104(92,93)98-72-80(87)73-99-105(94,95)101-77-82(75-97-84(89)69-63-57-53-47-48-54-60-66-78(4)5)103-86(91)71-64-58-51-45-41-37-32-25-23-21-19-17-15-13-11-8-2/h78-82,87H,7-77H2,1-6H3,(H,92,93)(H,94,95)/t79?,80-,81-,82-/m1/s1. The average Bonchev–Trinajstić information content (AvgIpc) is 0.909. The normalized spacial score (nSPS) is 14.1. The molecule has 0 aliphatic rings. The van der Waals surface area contributed by atoms with Crippen LogP contribution in [0.2, 0.25) is 0 Å². The van der Waals surface area contributed by atoms with Crippen LogP contribution in [0.4, 0.5) is 0 Å². The van der Waals surface area contributed by atoms with Crippen molar-refractivity contribution in [3.8, 4) is 0 Å². The fourth-order valence-electron chi connectivity index (χ4n) is 13.4. The highest BCUT2D eigenvalue weighted by Crippen LogP contribution is 2.45. The Hall–Kier alpha value is -1.94. The molecule has 0 amide bonds. The number of unbranched alkanes of at least 4 members (excludes halogenated alkanes) is 54. The molecule has 19 heteroatoms. The second kappa shape index (κ2) is 77.4. The van der Waals surface area contributed by atoms with E-state index in [-0.39, 0.29) is 25.7 Å². The quantitative estimate of drug-likeness (QED) is 0.0222. The smallest absolute Gasteiger partial charge is 0.462 e. The highest BCUT2D eigenvalue weighted by Gasteiger charge is 2.30. The van der Waals surface area contributed by atoms with Crippen molar-refractivity contribution in [2.45, 2.75) is 477 Å². The third kappa shape index (κ3) is 78.5. The van der Waals surface area contributed by atoms with Crippen molar-refractivity contribution >= 4 is 39.5 Å². The molecule has 0 aromatic heterocycles. The number of rotatable bonds is 85. The SMILES string of the molecule is CCCCCCCCCCCCCCCCCCCC(=O)OC[C@H](COP(=O)(O)OC[C@@H](O)COP(=O)(O)OC[C@@H](COC(=O)CCCCCCCCCC(C)C)OC(=O)CCCCCCCCCCCCCCCCCC)OC(=O)CCCCCCCCCCCCCCCCCCCCC(C)CC. The molecular formula is C86H168O17P2. The molecule has 0 bridgehead atoms. The second-order valence-electron chi connectivity index (χ2n) is 31.6. The Labute approximate surface area is 645 Å². The van der Waals surface area contributed by atoms with Crippen LogP contribution in [-0.2, 0) is 65.4 Å². The predicted molar refractivity (Wildman–Crippen MR) is 432 cm³/mol. The van der Waals surface area contributed by atoms with E-state index in [0.717, 1.165) is 102 Å². The van der Waals surface area contributed by atoms with Crippen LogP contribution in [0.3, 0.4) is 0 Å². The number of phosphoric ester groups is 2. The van der Waals surface area contributed by atoms with E-state index in [1.54, 1.807) is 0 Å². The lowest BCUT2D eigenvalue weighted by Crippen LogP contribution is -2.30. The summed E-state index contributed by atoms with van der Waals surface area (Å²) >= 11 is 0. The third-order valence-electron chi connectivity index (χ3n) is 20.6. The first-order valence-electron chi connectivity index (χ1n) is 44.5. The molecule has 3 unspecified atom stereocenters. The first-order valence-corrected chi connectivity index (χ1v) is 47.5. The number of esters is 4. The molecule has 0 fully saturated rings. The summed E-state index contributed by atoms with van der Waals surface area (Å²) in [6.45, 7) is 9.69. The Bertz CT molecular complexity index is 2010. The maximum Gasteiger partial charge on any atom is 0.472 e. The van der Waals surface area contributed by atoms with Crippen LogP contribution >= 0.6 is 15.6 Å². The summed E-state index contributed by atoms with van der Waals surface area (Å²) in [7, 11) is -9.93. The number of aliphatic hydroxyl groups excluding tert-OH is 1. The van der Waals surface area contributed by atoms with Crippen molar-refractivity contribution in [2.24, 2.45) is 11.8 Å². The minimum atomic E-state index is -4.97. The molecule has 0 aromatic carbocycles. The van der Waals surface area contributed by atoms with Crippen molar-refractivity contribution in [1.29, 1.82) is 0 Å². The van der Waals surface area contributed by atoms with Crippen LogP contribution in [0.5, 0.6) is 0 Å². The molecule has 0 radical (unpaired) electrons. The minimum Gasteiger partial charge on any atom is -0.462 e. The summed E-state index contributed by atoms with van der Waals surface area (Å²) in [5.74, 6) is -0.526. The summed E-state index contributed by atoms with van der Waals surface area (Å²) in [5.41, 5.74) is 0. The van der Waals surface area contributed by atoms with E-state index < -0.39 is 97.5 Å². The van der Waals surface area contributed by atoms with Gasteiger partial charge in [0, 0.05) is 25.7 Å². The predicted octanol–water partition coefficient (Wildman–Crippen LogP) is 26.2. The first-order chi connectivity index (χ1) is 50.9. The van der Waals surface area contributed by atoms with Gasteiger partial charge in [-0.05, 0) is 37.5 Å². The van der Waals surface area contributed by atoms with E-state index in [1.165, 1.54) is 270 Å². The molecule has 3 N–H and O–H groups in total. The zero-order chi connectivity index (χ0) is 77.1. The zero-order valence-corrected chi connectivity index (χ0v) is 70.8. The molecule has 0 aromatic rings. The van der Waals surface area contributed by atoms with Crippen LogP contribution < -0.4 is 0 Å². The lowest BCUT2D eigenvalue weighted by atomic mass is 9.99. The molecule has 0 aliphatic carbocycles. The van der Waals surface area contributed by atoms with E-state index in [4.69, 9.17) is 37.0 Å². The van der Waals surface area contributed by atoms with E-state index in [1.807, 2.05) is 0 Å². The van der Waals surface area contributed by atoms with Crippen molar-refractivity contribution in [2.75, 3.05) is 39.6 Å². The minimum absolute atomic E-state index is 0.108. The molecule has 17 nitrogen and oxygen atoms in total. The van der Waals surface area contributed by atoms with Gasteiger partial charge in [0.15, 0.2) is 12.2 Å². The summed E-state index contributed by atoms with van der Waals surface area (Å²) in [6, 6.07) is 0. The summed E-state index contributed by atoms with van der Waals surface area (Å²) in [4.78, 5) is 73.2. The molecule has 624 valence electrons. The fraction of sp³-hybridized carbons (Fsp3) is 0.953. The van der Waals surface area contributed by atoms with Crippen LogP contribution in [0.15, 0.2) is 0 Å². The van der Waals surface area contributed by atoms with Gasteiger partial charge in [-0.3, -0.25) is 37.3 Å². The molecule has 0 saturated carbocycles. The molecular weight excluding hydrogens is 1370 g/mol. The first kappa shape index (κ1) is 103. The number of phosphoric acid groups is 2. The molecule has 0 rings (SSSR count). The Morgan fingerprint density at radius 2 is 0.486 bits per heavy atom. The number of hydrogen-bond acceptors (Lipinski definition) is 15.